The van der Waals surface area contributed by atoms with Gasteiger partial charge in [-0.2, -0.15) is 0 Å². The second kappa shape index (κ2) is 5.48. The number of nitrogens with one attached hydrogen (secondary N) is 1. The molecule has 96 valence electrons. The van der Waals surface area contributed by atoms with Crippen LogP contribution >= 0.6 is 15.9 Å². The SMILES string of the molecule is O=C1CN(C(=O)c2cccc(Br)c2F)CCCN1. The van der Waals surface area contributed by atoms with Crippen molar-refractivity contribution >= 4 is 27.7 Å². The largest absolute Gasteiger partial charge is 0.354 e. The summed E-state index contributed by atoms with van der Waals surface area (Å²) < 4.78 is 14.1. The van der Waals surface area contributed by atoms with Crippen LogP contribution in [0.3, 0.4) is 0 Å². The lowest BCUT2D eigenvalue weighted by atomic mass is 10.2. The van der Waals surface area contributed by atoms with E-state index in [0.29, 0.717) is 19.5 Å². The molecular weight excluding hydrogens is 303 g/mol. The molecule has 1 aromatic rings. The van der Waals surface area contributed by atoms with Crippen LogP contribution in [0.4, 0.5) is 4.39 Å². The third-order valence-electron chi connectivity index (χ3n) is 2.73. The predicted octanol–water partition coefficient (Wildman–Crippen LogP) is 1.55. The van der Waals surface area contributed by atoms with Crippen molar-refractivity contribution in [3.05, 3.63) is 34.1 Å². The van der Waals surface area contributed by atoms with E-state index < -0.39 is 11.7 Å². The first-order chi connectivity index (χ1) is 8.59. The summed E-state index contributed by atoms with van der Waals surface area (Å²) in [5, 5.41) is 2.67. The molecule has 0 radical (unpaired) electrons. The van der Waals surface area contributed by atoms with Crippen molar-refractivity contribution in [1.82, 2.24) is 10.2 Å². The summed E-state index contributed by atoms with van der Waals surface area (Å²) in [5.74, 6) is -1.26. The summed E-state index contributed by atoms with van der Waals surface area (Å²) in [5.41, 5.74) is -0.0147. The maximum Gasteiger partial charge on any atom is 0.257 e. The van der Waals surface area contributed by atoms with Crippen LogP contribution in [0.25, 0.3) is 0 Å². The van der Waals surface area contributed by atoms with Gasteiger partial charge in [0.05, 0.1) is 16.6 Å². The molecule has 18 heavy (non-hydrogen) atoms. The molecule has 1 N–H and O–H groups in total. The van der Waals surface area contributed by atoms with E-state index in [2.05, 4.69) is 21.2 Å². The molecule has 1 aliphatic heterocycles. The van der Waals surface area contributed by atoms with Gasteiger partial charge < -0.3 is 10.2 Å². The quantitative estimate of drug-likeness (QED) is 0.855. The molecule has 1 fully saturated rings. The van der Waals surface area contributed by atoms with Crippen molar-refractivity contribution in [1.29, 1.82) is 0 Å². The van der Waals surface area contributed by atoms with Gasteiger partial charge in [0.15, 0.2) is 0 Å². The molecule has 0 bridgehead atoms. The lowest BCUT2D eigenvalue weighted by molar-refractivity contribution is -0.121. The summed E-state index contributed by atoms with van der Waals surface area (Å²) in [4.78, 5) is 24.9. The number of carbonyl (C=O) groups excluding carboxylic acids is 2. The van der Waals surface area contributed by atoms with Crippen molar-refractivity contribution in [3.63, 3.8) is 0 Å². The highest BCUT2D eigenvalue weighted by atomic mass is 79.9. The van der Waals surface area contributed by atoms with Gasteiger partial charge in [0.25, 0.3) is 5.91 Å². The Morgan fingerprint density at radius 1 is 1.44 bits per heavy atom. The average Bonchev–Trinajstić information content (AvgIpc) is 2.56. The monoisotopic (exact) mass is 314 g/mol. The van der Waals surface area contributed by atoms with Crippen LogP contribution < -0.4 is 5.32 Å². The lowest BCUT2D eigenvalue weighted by Crippen LogP contribution is -2.37. The number of nitrogens with zero attached hydrogens (tertiary/aromatic N) is 1. The Morgan fingerprint density at radius 2 is 2.22 bits per heavy atom. The molecule has 0 aliphatic carbocycles. The second-order valence-corrected chi connectivity index (χ2v) is 4.89. The fourth-order valence-electron chi connectivity index (χ4n) is 1.82. The van der Waals surface area contributed by atoms with E-state index in [1.165, 1.54) is 17.0 Å². The minimum absolute atomic E-state index is 0.0147. The van der Waals surface area contributed by atoms with E-state index in [4.69, 9.17) is 0 Å². The topological polar surface area (TPSA) is 49.4 Å². The molecule has 1 aliphatic rings. The van der Waals surface area contributed by atoms with Crippen molar-refractivity contribution in [2.45, 2.75) is 6.42 Å². The van der Waals surface area contributed by atoms with Crippen LogP contribution in [-0.4, -0.2) is 36.3 Å². The Balaban J connectivity index is 2.24. The summed E-state index contributed by atoms with van der Waals surface area (Å²) in [6, 6.07) is 4.55. The van der Waals surface area contributed by atoms with Gasteiger partial charge in [0, 0.05) is 13.1 Å². The Morgan fingerprint density at radius 3 is 3.00 bits per heavy atom. The van der Waals surface area contributed by atoms with Gasteiger partial charge in [-0.15, -0.1) is 0 Å². The van der Waals surface area contributed by atoms with Crippen molar-refractivity contribution < 1.29 is 14.0 Å². The number of rotatable bonds is 1. The standard InChI is InChI=1S/C12H12BrFN2O2/c13-9-4-1-3-8(11(9)14)12(18)16-6-2-5-15-10(17)7-16/h1,3-4H,2,5-7H2,(H,15,17). The summed E-state index contributed by atoms with van der Waals surface area (Å²) in [6.45, 7) is 0.970. The highest BCUT2D eigenvalue weighted by Crippen LogP contribution is 2.20. The molecule has 0 unspecified atom stereocenters. The van der Waals surface area contributed by atoms with Gasteiger partial charge in [0.2, 0.25) is 5.91 Å². The van der Waals surface area contributed by atoms with Crippen molar-refractivity contribution in [3.8, 4) is 0 Å². The fraction of sp³-hybridized carbons (Fsp3) is 0.333. The van der Waals surface area contributed by atoms with E-state index in [0.717, 1.165) is 0 Å². The Bertz CT molecular complexity index is 493. The average molecular weight is 315 g/mol. The van der Waals surface area contributed by atoms with Crippen molar-refractivity contribution in [2.24, 2.45) is 0 Å². The van der Waals surface area contributed by atoms with Gasteiger partial charge >= 0.3 is 0 Å². The van der Waals surface area contributed by atoms with Gasteiger partial charge in [-0.3, -0.25) is 9.59 Å². The highest BCUT2D eigenvalue weighted by Gasteiger charge is 2.23. The highest BCUT2D eigenvalue weighted by molar-refractivity contribution is 9.10. The van der Waals surface area contributed by atoms with Crippen LogP contribution in [0, 0.1) is 5.82 Å². The molecule has 0 atom stereocenters. The molecule has 6 heteroatoms. The molecular formula is C12H12BrFN2O2. The first kappa shape index (κ1) is 13.0. The number of benzene rings is 1. The zero-order valence-electron chi connectivity index (χ0n) is 9.58. The van der Waals surface area contributed by atoms with Crippen molar-refractivity contribution in [2.75, 3.05) is 19.6 Å². The fourth-order valence-corrected chi connectivity index (χ4v) is 2.18. The minimum atomic E-state index is -0.591. The smallest absolute Gasteiger partial charge is 0.257 e. The van der Waals surface area contributed by atoms with Gasteiger partial charge in [-0.25, -0.2) is 4.39 Å². The molecule has 0 aromatic heterocycles. The van der Waals surface area contributed by atoms with E-state index in [9.17, 15) is 14.0 Å². The zero-order chi connectivity index (χ0) is 13.1. The summed E-state index contributed by atoms with van der Waals surface area (Å²) >= 11 is 3.04. The van der Waals surface area contributed by atoms with E-state index in [1.54, 1.807) is 6.07 Å². The summed E-state index contributed by atoms with van der Waals surface area (Å²) in [7, 11) is 0. The normalized spacial score (nSPS) is 16.1. The molecule has 0 spiro atoms. The zero-order valence-corrected chi connectivity index (χ0v) is 11.2. The Kier molecular flexibility index (Phi) is 3.96. The van der Waals surface area contributed by atoms with Gasteiger partial charge in [-0.05, 0) is 34.5 Å². The van der Waals surface area contributed by atoms with Crippen LogP contribution in [0.1, 0.15) is 16.8 Å². The first-order valence-corrected chi connectivity index (χ1v) is 6.39. The number of halogens is 2. The second-order valence-electron chi connectivity index (χ2n) is 4.03. The van der Waals surface area contributed by atoms with Gasteiger partial charge in [0.1, 0.15) is 5.82 Å². The molecule has 2 rings (SSSR count). The maximum absolute atomic E-state index is 13.8. The van der Waals surface area contributed by atoms with Crippen LogP contribution in [0.2, 0.25) is 0 Å². The third-order valence-corrected chi connectivity index (χ3v) is 3.34. The predicted molar refractivity (Wildman–Crippen MR) is 67.6 cm³/mol. The summed E-state index contributed by atoms with van der Waals surface area (Å²) in [6.07, 6.45) is 0.674. The van der Waals surface area contributed by atoms with E-state index in [1.807, 2.05) is 0 Å². The maximum atomic E-state index is 13.8. The molecule has 0 saturated carbocycles. The Labute approximate surface area is 112 Å². The number of amides is 2. The molecule has 4 nitrogen and oxygen atoms in total. The number of hydrogen-bond donors (Lipinski definition) is 1. The minimum Gasteiger partial charge on any atom is -0.354 e. The molecule has 1 heterocycles. The van der Waals surface area contributed by atoms with Crippen LogP contribution in [-0.2, 0) is 4.79 Å². The molecule has 2 amide bonds. The van der Waals surface area contributed by atoms with Gasteiger partial charge in [-0.1, -0.05) is 6.07 Å². The Hall–Kier alpha value is -1.43. The first-order valence-electron chi connectivity index (χ1n) is 5.59. The third kappa shape index (κ3) is 2.69. The number of carbonyl (C=O) groups is 2. The van der Waals surface area contributed by atoms with E-state index >= 15 is 0 Å². The van der Waals surface area contributed by atoms with Crippen LogP contribution in [0.5, 0.6) is 0 Å². The van der Waals surface area contributed by atoms with E-state index in [-0.39, 0.29) is 22.5 Å². The molecule has 1 saturated heterocycles. The molecule has 1 aromatic carbocycles. The lowest BCUT2D eigenvalue weighted by Gasteiger charge is -2.19. The van der Waals surface area contributed by atoms with Crippen LogP contribution in [0.15, 0.2) is 22.7 Å². The number of hydrogen-bond acceptors (Lipinski definition) is 2.